The molecule has 0 aromatic rings. The first-order valence-corrected chi connectivity index (χ1v) is 8.99. The predicted molar refractivity (Wildman–Crippen MR) is 98.9 cm³/mol. The lowest BCUT2D eigenvalue weighted by atomic mass is 9.75. The number of carbonyl (C=O) groups is 2. The molecule has 1 aliphatic heterocycles. The van der Waals surface area contributed by atoms with Gasteiger partial charge < -0.3 is 10.0 Å². The molecule has 5 heteroatoms. The van der Waals surface area contributed by atoms with Crippen molar-refractivity contribution in [3.05, 3.63) is 0 Å². The average molecular weight is 346 g/mol. The molecular weight excluding hydrogens is 310 g/mol. The van der Waals surface area contributed by atoms with Crippen LogP contribution in [-0.2, 0) is 9.59 Å². The van der Waals surface area contributed by atoms with Crippen molar-refractivity contribution in [2.45, 2.75) is 61.3 Å². The number of hydrogen-bond donors (Lipinski definition) is 2. The molecule has 1 saturated heterocycles. The molecule has 23 heavy (non-hydrogen) atoms. The van der Waals surface area contributed by atoms with E-state index in [9.17, 15) is 9.59 Å². The lowest BCUT2D eigenvalue weighted by Gasteiger charge is -2.30. The molecule has 0 aromatic carbocycles. The quantitative estimate of drug-likeness (QED) is 0.758. The van der Waals surface area contributed by atoms with Gasteiger partial charge in [0.25, 0.3) is 0 Å². The molecule has 1 N–H and O–H groups in total. The summed E-state index contributed by atoms with van der Waals surface area (Å²) in [6, 6.07) is 0. The van der Waals surface area contributed by atoms with Crippen molar-refractivity contribution in [2.75, 3.05) is 18.8 Å². The Balaban J connectivity index is 0.000000841. The Hall–Kier alpha value is -0.710. The van der Waals surface area contributed by atoms with Crippen molar-refractivity contribution in [2.24, 2.45) is 22.7 Å². The van der Waals surface area contributed by atoms with E-state index in [0.29, 0.717) is 23.8 Å². The Morgan fingerprint density at radius 3 is 1.83 bits per heavy atom. The second kappa shape index (κ2) is 8.95. The average Bonchev–Trinajstić information content (AvgIpc) is 2.77. The lowest BCUT2D eigenvalue weighted by molar-refractivity contribution is -0.140. The number of carbonyl (C=O) groups excluding carboxylic acids is 1. The minimum Gasteiger partial charge on any atom is -0.481 e. The zero-order valence-corrected chi connectivity index (χ0v) is 16.7. The van der Waals surface area contributed by atoms with E-state index >= 15 is 0 Å². The van der Waals surface area contributed by atoms with Crippen molar-refractivity contribution in [1.82, 2.24) is 4.90 Å². The summed E-state index contributed by atoms with van der Waals surface area (Å²) in [5, 5.41) is 8.60. The van der Waals surface area contributed by atoms with E-state index < -0.39 is 5.97 Å². The van der Waals surface area contributed by atoms with E-state index in [2.05, 4.69) is 61.1 Å². The molecule has 0 aliphatic carbocycles. The van der Waals surface area contributed by atoms with Crippen LogP contribution in [-0.4, -0.2) is 40.7 Å². The molecule has 1 rings (SSSR count). The number of likely N-dealkylation sites (tertiary alicyclic amines) is 1. The number of thiol groups is 1. The number of carboxylic acids is 1. The van der Waals surface area contributed by atoms with Crippen LogP contribution in [0.25, 0.3) is 0 Å². The zero-order valence-electron chi connectivity index (χ0n) is 15.8. The van der Waals surface area contributed by atoms with Crippen LogP contribution >= 0.6 is 12.6 Å². The Kier molecular flexibility index (Phi) is 8.68. The smallest absolute Gasteiger partial charge is 0.303 e. The number of aliphatic carboxylic acids is 1. The molecule has 2 atom stereocenters. The molecule has 1 heterocycles. The van der Waals surface area contributed by atoms with Gasteiger partial charge in [-0.1, -0.05) is 48.5 Å². The summed E-state index contributed by atoms with van der Waals surface area (Å²) < 4.78 is 0. The highest BCUT2D eigenvalue weighted by molar-refractivity contribution is 7.80. The minimum atomic E-state index is -0.916. The molecule has 0 saturated carbocycles. The van der Waals surface area contributed by atoms with Gasteiger partial charge in [0.05, 0.1) is 6.42 Å². The van der Waals surface area contributed by atoms with Gasteiger partial charge in [-0.3, -0.25) is 9.59 Å². The van der Waals surface area contributed by atoms with Crippen LogP contribution in [0.4, 0.5) is 0 Å². The molecule has 0 aromatic heterocycles. The van der Waals surface area contributed by atoms with Crippen LogP contribution in [0.15, 0.2) is 0 Å². The Bertz CT molecular complexity index is 390. The monoisotopic (exact) mass is 345 g/mol. The SMILES string of the molecule is CC(C)(C)C.CC(C)(C)C1CN(C(=O)CCC(=O)O)CC1CS. The molecule has 0 radical (unpaired) electrons. The second-order valence-electron chi connectivity index (χ2n) is 9.11. The Labute approximate surface area is 147 Å². The molecule has 1 amide bonds. The highest BCUT2D eigenvalue weighted by Crippen LogP contribution is 2.38. The van der Waals surface area contributed by atoms with Gasteiger partial charge in [0.1, 0.15) is 0 Å². The summed E-state index contributed by atoms with van der Waals surface area (Å²) in [5.74, 6) is 0.646. The summed E-state index contributed by atoms with van der Waals surface area (Å²) in [6.45, 7) is 16.7. The van der Waals surface area contributed by atoms with Crippen LogP contribution < -0.4 is 0 Å². The zero-order chi connectivity index (χ0) is 18.4. The van der Waals surface area contributed by atoms with E-state index in [1.807, 2.05) is 0 Å². The third-order valence-electron chi connectivity index (χ3n) is 3.69. The van der Waals surface area contributed by atoms with E-state index in [4.69, 9.17) is 5.11 Å². The first-order chi connectivity index (χ1) is 10.3. The first kappa shape index (κ1) is 22.3. The molecular formula is C18H35NO3S. The summed E-state index contributed by atoms with van der Waals surface area (Å²) in [4.78, 5) is 24.2. The van der Waals surface area contributed by atoms with E-state index in [0.717, 1.165) is 12.3 Å². The van der Waals surface area contributed by atoms with Gasteiger partial charge in [-0.05, 0) is 28.4 Å². The predicted octanol–water partition coefficient (Wildman–Crippen LogP) is 3.95. The van der Waals surface area contributed by atoms with Gasteiger partial charge in [-0.25, -0.2) is 0 Å². The fourth-order valence-corrected chi connectivity index (χ4v) is 2.98. The van der Waals surface area contributed by atoms with Gasteiger partial charge >= 0.3 is 5.97 Å². The standard InChI is InChI=1S/C13H23NO3S.C5H12/c1-13(2,3)10-7-14(6-9(10)8-18)11(15)4-5-12(16)17;1-5(2,3)4/h9-10,18H,4-8H2,1-3H3,(H,16,17);1-4H3. The van der Waals surface area contributed by atoms with Gasteiger partial charge in [0.15, 0.2) is 0 Å². The Morgan fingerprint density at radius 1 is 1.04 bits per heavy atom. The topological polar surface area (TPSA) is 57.6 Å². The summed E-state index contributed by atoms with van der Waals surface area (Å²) in [6.07, 6.45) is 0.0204. The number of nitrogens with zero attached hydrogens (tertiary/aromatic N) is 1. The van der Waals surface area contributed by atoms with Crippen molar-refractivity contribution in [1.29, 1.82) is 0 Å². The van der Waals surface area contributed by atoms with Crippen molar-refractivity contribution in [3.63, 3.8) is 0 Å². The fraction of sp³-hybridized carbons (Fsp3) is 0.889. The number of hydrogen-bond acceptors (Lipinski definition) is 3. The van der Waals surface area contributed by atoms with Crippen molar-refractivity contribution in [3.8, 4) is 0 Å². The van der Waals surface area contributed by atoms with Crippen LogP contribution in [0.2, 0.25) is 0 Å². The molecule has 0 spiro atoms. The molecule has 1 aliphatic rings. The van der Waals surface area contributed by atoms with Gasteiger partial charge in [0.2, 0.25) is 5.91 Å². The van der Waals surface area contributed by atoms with Gasteiger partial charge in [-0.15, -0.1) is 0 Å². The van der Waals surface area contributed by atoms with Crippen molar-refractivity contribution >= 4 is 24.5 Å². The Morgan fingerprint density at radius 2 is 1.52 bits per heavy atom. The maximum atomic E-state index is 11.9. The van der Waals surface area contributed by atoms with Gasteiger partial charge in [-0.2, -0.15) is 12.6 Å². The maximum absolute atomic E-state index is 11.9. The maximum Gasteiger partial charge on any atom is 0.303 e. The van der Waals surface area contributed by atoms with Gasteiger partial charge in [0, 0.05) is 19.5 Å². The fourth-order valence-electron chi connectivity index (χ4n) is 2.61. The highest BCUT2D eigenvalue weighted by atomic mass is 32.1. The molecule has 1 fully saturated rings. The minimum absolute atomic E-state index is 0.0454. The van der Waals surface area contributed by atoms with E-state index in [-0.39, 0.29) is 24.2 Å². The van der Waals surface area contributed by atoms with Crippen molar-refractivity contribution < 1.29 is 14.7 Å². The lowest BCUT2D eigenvalue weighted by Crippen LogP contribution is -2.31. The third kappa shape index (κ3) is 9.90. The second-order valence-corrected chi connectivity index (χ2v) is 9.47. The number of amides is 1. The summed E-state index contributed by atoms with van der Waals surface area (Å²) >= 11 is 4.37. The van der Waals surface area contributed by atoms with Crippen LogP contribution in [0, 0.1) is 22.7 Å². The van der Waals surface area contributed by atoms with E-state index in [1.165, 1.54) is 0 Å². The molecule has 0 bridgehead atoms. The molecule has 4 nitrogen and oxygen atoms in total. The molecule has 136 valence electrons. The molecule has 2 unspecified atom stereocenters. The van der Waals surface area contributed by atoms with Crippen LogP contribution in [0.3, 0.4) is 0 Å². The number of rotatable bonds is 4. The normalized spacial score (nSPS) is 21.7. The highest BCUT2D eigenvalue weighted by Gasteiger charge is 2.40. The largest absolute Gasteiger partial charge is 0.481 e. The van der Waals surface area contributed by atoms with E-state index in [1.54, 1.807) is 4.90 Å². The summed E-state index contributed by atoms with van der Waals surface area (Å²) in [5.41, 5.74) is 0.648. The number of carboxylic acid groups (broad SMARTS) is 1. The first-order valence-electron chi connectivity index (χ1n) is 8.36. The van der Waals surface area contributed by atoms with Crippen LogP contribution in [0.5, 0.6) is 0 Å². The summed E-state index contributed by atoms with van der Waals surface area (Å²) in [7, 11) is 0. The van der Waals surface area contributed by atoms with Crippen LogP contribution in [0.1, 0.15) is 61.3 Å². The third-order valence-corrected chi connectivity index (χ3v) is 4.16.